The molecule has 15 rings (SSSR count). The molecule has 2 nitrogen and oxygen atoms in total. The monoisotopic (exact) mass is 1100 g/mol. The Bertz CT molecular complexity index is 4160. The van der Waals surface area contributed by atoms with Crippen LogP contribution in [0.5, 0.6) is 11.5 Å². The molecule has 0 amide bonds. The summed E-state index contributed by atoms with van der Waals surface area (Å²) in [5, 5.41) is 2.53. The maximum Gasteiger partial charge on any atom is 0.132 e. The van der Waals surface area contributed by atoms with Crippen LogP contribution in [0.3, 0.4) is 0 Å². The van der Waals surface area contributed by atoms with Crippen LogP contribution in [0, 0.1) is 0 Å². The van der Waals surface area contributed by atoms with E-state index >= 15 is 0 Å². The number of hydrogen-bond acceptors (Lipinski definition) is 4. The van der Waals surface area contributed by atoms with E-state index in [0.717, 1.165) is 28.6 Å². The molecular formula is C78H69NOS2. The van der Waals surface area contributed by atoms with E-state index in [-0.39, 0.29) is 21.7 Å². The molecule has 2 aliphatic heterocycles. The molecule has 11 aromatic rings. The number of fused-ring (bicyclic) bond motifs is 21. The van der Waals surface area contributed by atoms with E-state index in [1.807, 2.05) is 23.1 Å². The van der Waals surface area contributed by atoms with Crippen molar-refractivity contribution in [3.05, 3.63) is 267 Å². The Morgan fingerprint density at radius 1 is 0.341 bits per heavy atom. The largest absolute Gasteiger partial charge is 0.457 e. The Morgan fingerprint density at radius 2 is 0.756 bits per heavy atom. The summed E-state index contributed by atoms with van der Waals surface area (Å²) in [6, 6.07) is 78.1. The molecule has 2 aliphatic carbocycles. The fourth-order valence-corrected chi connectivity index (χ4v) is 16.7. The number of hydrogen-bond donors (Lipinski definition) is 0. The molecule has 0 unspecified atom stereocenters. The topological polar surface area (TPSA) is 12.5 Å². The van der Waals surface area contributed by atoms with Crippen LogP contribution in [-0.4, -0.2) is 0 Å². The lowest BCUT2D eigenvalue weighted by Crippen LogP contribution is -2.33. The van der Waals surface area contributed by atoms with Crippen LogP contribution in [0.2, 0.25) is 0 Å². The molecule has 1 aromatic heterocycles. The summed E-state index contributed by atoms with van der Waals surface area (Å²) in [5.41, 5.74) is 22.4. The molecule has 0 N–H and O–H groups in total. The van der Waals surface area contributed by atoms with Crippen LogP contribution in [0.4, 0.5) is 17.1 Å². The molecule has 2 spiro atoms. The fourth-order valence-electron chi connectivity index (χ4n) is 14.4. The van der Waals surface area contributed by atoms with Crippen molar-refractivity contribution in [1.29, 1.82) is 0 Å². The van der Waals surface area contributed by atoms with Gasteiger partial charge < -0.3 is 9.64 Å². The zero-order valence-corrected chi connectivity index (χ0v) is 50.9. The number of benzene rings is 10. The van der Waals surface area contributed by atoms with Gasteiger partial charge in [0.05, 0.1) is 16.5 Å². The van der Waals surface area contributed by atoms with Crippen molar-refractivity contribution in [3.8, 4) is 33.8 Å². The first-order valence-corrected chi connectivity index (χ1v) is 30.9. The SMILES string of the molecule is CC(C)(C)c1ccc2c(c1)C1(c3cc(C(C)(C)C)ccc3O2)c2ccccc2-c2ccc(N(c3ccc4c(c3)C3(c5cc(C(C)(C)C)ccc5Sc5ccc(C(C)(C)C)cc53)c3ccccc3-4)c3cccc4sc5ccccc5c34)cc21. The van der Waals surface area contributed by atoms with Crippen molar-refractivity contribution < 1.29 is 4.74 Å². The van der Waals surface area contributed by atoms with Crippen LogP contribution in [0.1, 0.15) is 150 Å². The zero-order chi connectivity index (χ0) is 56.6. The van der Waals surface area contributed by atoms with Crippen molar-refractivity contribution in [1.82, 2.24) is 0 Å². The fraction of sp³-hybridized carbons (Fsp3) is 0.231. The van der Waals surface area contributed by atoms with Crippen LogP contribution < -0.4 is 9.64 Å². The van der Waals surface area contributed by atoms with Gasteiger partial charge in [-0.3, -0.25) is 0 Å². The first kappa shape index (κ1) is 51.3. The predicted molar refractivity (Wildman–Crippen MR) is 348 cm³/mol. The predicted octanol–water partition coefficient (Wildman–Crippen LogP) is 22.0. The quantitative estimate of drug-likeness (QED) is 0.175. The smallest absolute Gasteiger partial charge is 0.132 e. The van der Waals surface area contributed by atoms with Gasteiger partial charge >= 0.3 is 0 Å². The summed E-state index contributed by atoms with van der Waals surface area (Å²) in [4.78, 5) is 5.24. The van der Waals surface area contributed by atoms with Crippen LogP contribution >= 0.6 is 23.1 Å². The average Bonchev–Trinajstić information content (AvgIpc) is 1.72. The highest BCUT2D eigenvalue weighted by molar-refractivity contribution is 7.99. The normalized spacial score (nSPS) is 15.1. The highest BCUT2D eigenvalue weighted by Crippen LogP contribution is 2.66. The molecule has 0 saturated heterocycles. The molecule has 0 saturated carbocycles. The molecular weight excluding hydrogens is 1030 g/mol. The lowest BCUT2D eigenvalue weighted by atomic mass is 9.64. The van der Waals surface area contributed by atoms with Gasteiger partial charge in [0.15, 0.2) is 0 Å². The van der Waals surface area contributed by atoms with Crippen LogP contribution in [0.15, 0.2) is 210 Å². The van der Waals surface area contributed by atoms with E-state index in [9.17, 15) is 0 Å². The Labute approximate surface area is 492 Å². The Morgan fingerprint density at radius 3 is 1.26 bits per heavy atom. The van der Waals surface area contributed by atoms with Crippen LogP contribution in [0.25, 0.3) is 42.4 Å². The summed E-state index contributed by atoms with van der Waals surface area (Å²) in [7, 11) is 0. The molecule has 82 heavy (non-hydrogen) atoms. The third kappa shape index (κ3) is 7.26. The molecule has 4 aliphatic rings. The number of rotatable bonds is 3. The Kier molecular flexibility index (Phi) is 10.9. The van der Waals surface area contributed by atoms with Gasteiger partial charge in [0.1, 0.15) is 11.5 Å². The van der Waals surface area contributed by atoms with Crippen LogP contribution in [-0.2, 0) is 32.5 Å². The molecule has 0 atom stereocenters. The minimum Gasteiger partial charge on any atom is -0.457 e. The summed E-state index contributed by atoms with van der Waals surface area (Å²) in [6.07, 6.45) is 0. The lowest BCUT2D eigenvalue weighted by Gasteiger charge is -2.42. The van der Waals surface area contributed by atoms with Crippen molar-refractivity contribution >= 4 is 60.3 Å². The Hall–Kier alpha value is -7.63. The van der Waals surface area contributed by atoms with Gasteiger partial charge in [-0.25, -0.2) is 0 Å². The Balaban J connectivity index is 1.06. The maximum absolute atomic E-state index is 7.14. The average molecular weight is 1100 g/mol. The molecule has 0 fully saturated rings. The minimum atomic E-state index is -0.702. The van der Waals surface area contributed by atoms with Crippen molar-refractivity contribution in [2.45, 2.75) is 125 Å². The summed E-state index contributed by atoms with van der Waals surface area (Å²) >= 11 is 3.81. The standard InChI is InChI=1S/C78H69NOS2/c1-73(2,3)46-28-36-66-61(40-46)77(62-41-47(74(4,5)6)29-37-67(62)80-66)57-23-16-13-20-52(57)54-34-32-50(44-59(54)77)79(65-25-19-27-71-72(65)56-22-15-18-26-68(56)81-71)51-33-35-55-53-21-14-17-24-58(53)78(60(55)45-51)63-42-48(75(7,8)9)30-38-69(63)82-70-39-31-49(43-64(70)78)76(10,11)12/h13-45H,1-12H3. The van der Waals surface area contributed by atoms with Gasteiger partial charge in [0.25, 0.3) is 0 Å². The minimum absolute atomic E-state index is 0.0608. The molecule has 10 aromatic carbocycles. The van der Waals surface area contributed by atoms with Gasteiger partial charge in [0, 0.05) is 52.5 Å². The van der Waals surface area contributed by atoms with E-state index < -0.39 is 10.8 Å². The van der Waals surface area contributed by atoms with E-state index in [2.05, 4.69) is 288 Å². The summed E-state index contributed by atoms with van der Waals surface area (Å²) in [6.45, 7) is 28.1. The van der Waals surface area contributed by atoms with Gasteiger partial charge in [-0.1, -0.05) is 216 Å². The third-order valence-electron chi connectivity index (χ3n) is 18.6. The summed E-state index contributed by atoms with van der Waals surface area (Å²) < 4.78 is 9.70. The first-order chi connectivity index (χ1) is 39.1. The van der Waals surface area contributed by atoms with Gasteiger partial charge in [0.2, 0.25) is 0 Å². The summed E-state index contributed by atoms with van der Waals surface area (Å²) in [5.74, 6) is 1.81. The van der Waals surface area contributed by atoms with Crippen molar-refractivity contribution in [2.75, 3.05) is 4.90 Å². The van der Waals surface area contributed by atoms with E-state index in [1.165, 1.54) is 119 Å². The second kappa shape index (κ2) is 17.5. The second-order valence-electron chi connectivity index (χ2n) is 27.7. The number of ether oxygens (including phenoxy) is 1. The first-order valence-electron chi connectivity index (χ1n) is 29.3. The molecule has 3 heterocycles. The highest BCUT2D eigenvalue weighted by Gasteiger charge is 2.54. The maximum atomic E-state index is 7.14. The van der Waals surface area contributed by atoms with E-state index in [1.54, 1.807) is 0 Å². The number of anilines is 3. The van der Waals surface area contributed by atoms with Crippen molar-refractivity contribution in [3.63, 3.8) is 0 Å². The zero-order valence-electron chi connectivity index (χ0n) is 49.2. The second-order valence-corrected chi connectivity index (χ2v) is 29.9. The van der Waals surface area contributed by atoms with Gasteiger partial charge in [-0.15, -0.1) is 11.3 Å². The highest BCUT2D eigenvalue weighted by atomic mass is 32.2. The number of thiophene rings is 1. The van der Waals surface area contributed by atoms with E-state index in [4.69, 9.17) is 4.74 Å². The third-order valence-corrected chi connectivity index (χ3v) is 20.9. The van der Waals surface area contributed by atoms with Crippen molar-refractivity contribution in [2.24, 2.45) is 0 Å². The molecule has 0 radical (unpaired) electrons. The van der Waals surface area contributed by atoms with E-state index in [0.29, 0.717) is 0 Å². The lowest BCUT2D eigenvalue weighted by molar-refractivity contribution is 0.433. The van der Waals surface area contributed by atoms with Gasteiger partial charge in [-0.05, 0) is 178 Å². The molecule has 4 heteroatoms. The number of nitrogens with zero attached hydrogens (tertiary/aromatic N) is 1. The molecule has 404 valence electrons. The van der Waals surface area contributed by atoms with Gasteiger partial charge in [-0.2, -0.15) is 0 Å². The molecule has 0 bridgehead atoms.